The molecule has 1 saturated heterocycles. The van der Waals surface area contributed by atoms with E-state index in [4.69, 9.17) is 9.47 Å². The molecule has 1 fully saturated rings. The SMILES string of the molecule is CC(C)(C)OC(=O)NC(C(=O)N[C@H]1C(=O)N(C(O)C(=O)OC(c2ccccc2)c2ccccc2)[C@H]1CI)c1ccccc1. The number of hydrogen-bond acceptors (Lipinski definition) is 7. The zero-order valence-electron chi connectivity index (χ0n) is 24.0. The zero-order valence-corrected chi connectivity index (χ0v) is 26.1. The molecule has 0 aliphatic carbocycles. The number of benzene rings is 3. The summed E-state index contributed by atoms with van der Waals surface area (Å²) in [6, 6.07) is 23.8. The van der Waals surface area contributed by atoms with Crippen LogP contribution in [-0.2, 0) is 23.9 Å². The molecule has 4 rings (SSSR count). The number of alkyl halides is 1. The molecular weight excluding hydrogens is 665 g/mol. The Kier molecular flexibility index (Phi) is 10.4. The van der Waals surface area contributed by atoms with Crippen molar-refractivity contribution in [1.82, 2.24) is 15.5 Å². The van der Waals surface area contributed by atoms with Crippen molar-refractivity contribution in [2.45, 2.75) is 56.8 Å². The number of nitrogens with one attached hydrogen (secondary N) is 2. The Hall–Kier alpha value is -3.97. The molecule has 0 spiro atoms. The number of alkyl carbamates (subject to hydrolysis) is 1. The van der Waals surface area contributed by atoms with Crippen molar-refractivity contribution >= 4 is 46.5 Å². The molecule has 3 aromatic rings. The van der Waals surface area contributed by atoms with Crippen molar-refractivity contribution in [1.29, 1.82) is 0 Å². The van der Waals surface area contributed by atoms with Crippen LogP contribution < -0.4 is 10.6 Å². The van der Waals surface area contributed by atoms with Crippen molar-refractivity contribution in [3.05, 3.63) is 108 Å². The van der Waals surface area contributed by atoms with E-state index >= 15 is 0 Å². The van der Waals surface area contributed by atoms with Gasteiger partial charge in [0.25, 0.3) is 0 Å². The molecule has 43 heavy (non-hydrogen) atoms. The normalized spacial score (nSPS) is 17.8. The van der Waals surface area contributed by atoms with E-state index in [1.807, 2.05) is 59.0 Å². The zero-order chi connectivity index (χ0) is 31.1. The molecule has 1 aliphatic heterocycles. The van der Waals surface area contributed by atoms with Gasteiger partial charge in [-0.2, -0.15) is 0 Å². The Bertz CT molecular complexity index is 1380. The van der Waals surface area contributed by atoms with Crippen molar-refractivity contribution in [3.63, 3.8) is 0 Å². The molecule has 1 aliphatic rings. The Labute approximate surface area is 263 Å². The molecular formula is C32H34IN3O7. The van der Waals surface area contributed by atoms with E-state index in [0.717, 1.165) is 4.90 Å². The van der Waals surface area contributed by atoms with E-state index in [-0.39, 0.29) is 0 Å². The van der Waals surface area contributed by atoms with Crippen LogP contribution in [0.4, 0.5) is 4.79 Å². The first-order valence-electron chi connectivity index (χ1n) is 13.7. The van der Waals surface area contributed by atoms with Crippen molar-refractivity contribution in [2.24, 2.45) is 0 Å². The third-order valence-electron chi connectivity index (χ3n) is 6.69. The van der Waals surface area contributed by atoms with Crippen LogP contribution in [0.1, 0.15) is 49.6 Å². The molecule has 4 atom stereocenters. The van der Waals surface area contributed by atoms with Crippen LogP contribution in [0, 0.1) is 0 Å². The first-order valence-corrected chi connectivity index (χ1v) is 15.2. The summed E-state index contributed by atoms with van der Waals surface area (Å²) >= 11 is 2.02. The van der Waals surface area contributed by atoms with Gasteiger partial charge in [-0.15, -0.1) is 0 Å². The molecule has 2 unspecified atom stereocenters. The van der Waals surface area contributed by atoms with Crippen LogP contribution >= 0.6 is 22.6 Å². The van der Waals surface area contributed by atoms with Crippen LogP contribution in [0.15, 0.2) is 91.0 Å². The van der Waals surface area contributed by atoms with E-state index in [1.165, 1.54) is 0 Å². The summed E-state index contributed by atoms with van der Waals surface area (Å²) in [7, 11) is 0. The number of nitrogens with zero attached hydrogens (tertiary/aromatic N) is 1. The molecule has 3 amide bonds. The fourth-order valence-electron chi connectivity index (χ4n) is 4.67. The van der Waals surface area contributed by atoms with Gasteiger partial charge in [0.2, 0.25) is 18.0 Å². The number of carbonyl (C=O) groups excluding carboxylic acids is 4. The van der Waals surface area contributed by atoms with Crippen LogP contribution in [-0.4, -0.2) is 62.2 Å². The minimum absolute atomic E-state index is 0.301. The minimum Gasteiger partial charge on any atom is -0.449 e. The predicted octanol–water partition coefficient (Wildman–Crippen LogP) is 4.03. The molecule has 0 saturated carbocycles. The van der Waals surface area contributed by atoms with Crippen LogP contribution in [0.5, 0.6) is 0 Å². The summed E-state index contributed by atoms with van der Waals surface area (Å²) < 4.78 is 11.4. The first-order chi connectivity index (χ1) is 20.5. The Morgan fingerprint density at radius 3 is 1.84 bits per heavy atom. The van der Waals surface area contributed by atoms with E-state index in [0.29, 0.717) is 21.1 Å². The van der Waals surface area contributed by atoms with Gasteiger partial charge in [-0.05, 0) is 37.5 Å². The number of aliphatic hydroxyl groups excluding tert-OH is 1. The minimum atomic E-state index is -1.89. The number of ether oxygens (including phenoxy) is 2. The monoisotopic (exact) mass is 699 g/mol. The average Bonchev–Trinajstić information content (AvgIpc) is 2.99. The van der Waals surface area contributed by atoms with Gasteiger partial charge in [0.1, 0.15) is 17.7 Å². The van der Waals surface area contributed by atoms with Gasteiger partial charge in [-0.25, -0.2) is 9.59 Å². The number of hydrogen-bond donors (Lipinski definition) is 3. The van der Waals surface area contributed by atoms with Crippen LogP contribution in [0.2, 0.25) is 0 Å². The highest BCUT2D eigenvalue weighted by Gasteiger charge is 2.53. The predicted molar refractivity (Wildman–Crippen MR) is 167 cm³/mol. The lowest BCUT2D eigenvalue weighted by molar-refractivity contribution is -0.188. The number of esters is 1. The van der Waals surface area contributed by atoms with Crippen molar-refractivity contribution < 1.29 is 33.8 Å². The highest BCUT2D eigenvalue weighted by atomic mass is 127. The van der Waals surface area contributed by atoms with Gasteiger partial charge in [0.05, 0.1) is 6.04 Å². The van der Waals surface area contributed by atoms with Crippen molar-refractivity contribution in [2.75, 3.05) is 4.43 Å². The second-order valence-electron chi connectivity index (χ2n) is 11.0. The molecule has 3 N–H and O–H groups in total. The van der Waals surface area contributed by atoms with Gasteiger partial charge in [0, 0.05) is 4.43 Å². The average molecular weight is 700 g/mol. The summed E-state index contributed by atoms with van der Waals surface area (Å²) in [5.41, 5.74) is 1.09. The molecule has 1 heterocycles. The van der Waals surface area contributed by atoms with Crippen molar-refractivity contribution in [3.8, 4) is 0 Å². The highest BCUT2D eigenvalue weighted by molar-refractivity contribution is 14.1. The van der Waals surface area contributed by atoms with Crippen LogP contribution in [0.25, 0.3) is 0 Å². The molecule has 11 heteroatoms. The largest absolute Gasteiger partial charge is 0.449 e. The Morgan fingerprint density at radius 2 is 1.37 bits per heavy atom. The van der Waals surface area contributed by atoms with Gasteiger partial charge in [-0.1, -0.05) is 114 Å². The lowest BCUT2D eigenvalue weighted by atomic mass is 9.95. The van der Waals surface area contributed by atoms with Gasteiger partial charge in [0.15, 0.2) is 6.10 Å². The highest BCUT2D eigenvalue weighted by Crippen LogP contribution is 2.30. The molecule has 226 valence electrons. The second kappa shape index (κ2) is 14.0. The van der Waals surface area contributed by atoms with Gasteiger partial charge >= 0.3 is 12.1 Å². The number of halogens is 1. The van der Waals surface area contributed by atoms with E-state index in [2.05, 4.69) is 10.6 Å². The third kappa shape index (κ3) is 7.90. The summed E-state index contributed by atoms with van der Waals surface area (Å²) in [4.78, 5) is 53.4. The standard InChI is InChI=1S/C32H34IN3O7/c1-32(2,3)43-31(41)35-24(20-13-7-4-8-14-20)27(37)34-25-23(19-33)36(28(25)38)29(39)30(40)42-26(21-15-9-5-10-16-21)22-17-11-6-12-18-22/h4-18,23-26,29,39H,19H2,1-3H3,(H,34,37)(H,35,41)/t23-,24?,25+,29?/m0/s1. The lowest BCUT2D eigenvalue weighted by Gasteiger charge is -2.48. The summed E-state index contributed by atoms with van der Waals surface area (Å²) in [6.45, 7) is 5.11. The Morgan fingerprint density at radius 1 is 0.884 bits per heavy atom. The molecule has 0 radical (unpaired) electrons. The summed E-state index contributed by atoms with van der Waals surface area (Å²) in [5.74, 6) is -2.30. The number of likely N-dealkylation sites (tertiary alicyclic amines) is 1. The number of carbonyl (C=O) groups is 4. The topological polar surface area (TPSA) is 134 Å². The molecule has 0 bridgehead atoms. The smallest absolute Gasteiger partial charge is 0.408 e. The number of rotatable bonds is 10. The fraction of sp³-hybridized carbons (Fsp3) is 0.312. The number of β-lactam (4-membered cyclic amide) rings is 1. The maximum absolute atomic E-state index is 13.4. The van der Waals surface area contributed by atoms with E-state index in [1.54, 1.807) is 75.4 Å². The van der Waals surface area contributed by atoms with E-state index < -0.39 is 59.9 Å². The number of aliphatic hydroxyl groups is 1. The third-order valence-corrected chi connectivity index (χ3v) is 7.59. The number of amides is 3. The maximum atomic E-state index is 13.4. The van der Waals surface area contributed by atoms with E-state index in [9.17, 15) is 24.3 Å². The molecule has 10 nitrogen and oxygen atoms in total. The molecule has 3 aromatic carbocycles. The molecule has 0 aromatic heterocycles. The summed E-state index contributed by atoms with van der Waals surface area (Å²) in [5, 5.41) is 16.2. The van der Waals surface area contributed by atoms with Gasteiger partial charge in [-0.3, -0.25) is 14.5 Å². The lowest BCUT2D eigenvalue weighted by Crippen LogP contribution is -2.75. The second-order valence-corrected chi connectivity index (χ2v) is 11.8. The summed E-state index contributed by atoms with van der Waals surface area (Å²) in [6.07, 6.45) is -3.49. The van der Waals surface area contributed by atoms with Crippen LogP contribution in [0.3, 0.4) is 0 Å². The quantitative estimate of drug-likeness (QED) is 0.126. The van der Waals surface area contributed by atoms with Gasteiger partial charge < -0.3 is 25.2 Å². The fourth-order valence-corrected chi connectivity index (χ4v) is 5.61. The Balaban J connectivity index is 1.47. The maximum Gasteiger partial charge on any atom is 0.408 e. The first kappa shape index (κ1) is 32.0.